The second-order valence-corrected chi connectivity index (χ2v) is 15.0. The lowest BCUT2D eigenvalue weighted by Crippen LogP contribution is -2.78. The molecule has 4 amide bonds. The molecule has 2 aromatic carbocycles. The fourth-order valence-corrected chi connectivity index (χ4v) is 6.65. The molecule has 270 valence electrons. The van der Waals surface area contributed by atoms with Crippen LogP contribution >= 0.6 is 23.4 Å². The number of alkyl halides is 3. The first-order chi connectivity index (χ1) is 23.0. The zero-order valence-electron chi connectivity index (χ0n) is 28.0. The molecule has 0 spiro atoms. The lowest BCUT2D eigenvalue weighted by molar-refractivity contribution is -0.169. The highest BCUT2D eigenvalue weighted by Crippen LogP contribution is 2.38. The van der Waals surface area contributed by atoms with Crippen molar-refractivity contribution >= 4 is 63.7 Å². The number of nitrogens with zero attached hydrogens (tertiary/aromatic N) is 3. The van der Waals surface area contributed by atoms with Crippen molar-refractivity contribution in [2.24, 2.45) is 5.41 Å². The lowest BCUT2D eigenvalue weighted by Gasteiger charge is -2.54. The molecule has 17 heteroatoms. The van der Waals surface area contributed by atoms with Crippen molar-refractivity contribution in [3.8, 4) is 0 Å². The number of thioether (sulfide) groups is 1. The SMILES string of the molecule is CC(C)(C)N(C(=O)O)C(NOCCN1C(=O)S/C(=C\c2ccc3c(ccn3Cc3ccc(Cl)cc3C(F)(F)F)c2)C1=O)(NC(=O)O)C(C)(C)C. The number of carbonyl (C=O) groups is 4. The molecule has 1 saturated heterocycles. The number of rotatable bonds is 10. The average molecular weight is 740 g/mol. The maximum atomic E-state index is 13.6. The molecule has 3 aromatic rings. The first-order valence-electron chi connectivity index (χ1n) is 15.2. The summed E-state index contributed by atoms with van der Waals surface area (Å²) in [6, 6.07) is 10.5. The number of imide groups is 1. The monoisotopic (exact) mass is 739 g/mol. The summed E-state index contributed by atoms with van der Waals surface area (Å²) >= 11 is 6.52. The first-order valence-corrected chi connectivity index (χ1v) is 16.4. The number of aromatic nitrogens is 1. The Morgan fingerprint density at radius 3 is 2.28 bits per heavy atom. The van der Waals surface area contributed by atoms with Crippen LogP contribution in [0.5, 0.6) is 0 Å². The summed E-state index contributed by atoms with van der Waals surface area (Å²) in [5, 5.41) is 22.1. The van der Waals surface area contributed by atoms with Crippen molar-refractivity contribution in [1.82, 2.24) is 25.2 Å². The lowest BCUT2D eigenvalue weighted by atomic mass is 9.83. The van der Waals surface area contributed by atoms with Gasteiger partial charge in [-0.1, -0.05) is 44.5 Å². The number of halogens is 4. The van der Waals surface area contributed by atoms with E-state index in [0.717, 1.165) is 15.9 Å². The second-order valence-electron chi connectivity index (χ2n) is 13.5. The summed E-state index contributed by atoms with van der Waals surface area (Å²) in [4.78, 5) is 57.8. The molecule has 1 aliphatic rings. The van der Waals surface area contributed by atoms with Gasteiger partial charge in [0.2, 0.25) is 5.79 Å². The number of hydrogen-bond donors (Lipinski definition) is 4. The van der Waals surface area contributed by atoms with E-state index in [2.05, 4.69) is 10.8 Å². The van der Waals surface area contributed by atoms with Crippen LogP contribution in [0, 0.1) is 5.41 Å². The smallest absolute Gasteiger partial charge is 0.416 e. The molecule has 1 unspecified atom stereocenters. The zero-order chi connectivity index (χ0) is 37.4. The number of carbonyl (C=O) groups excluding carboxylic acids is 2. The maximum absolute atomic E-state index is 13.6. The minimum Gasteiger partial charge on any atom is -0.465 e. The van der Waals surface area contributed by atoms with E-state index < -0.39 is 51.8 Å². The first kappa shape index (κ1) is 38.6. The maximum Gasteiger partial charge on any atom is 0.416 e. The average Bonchev–Trinajstić information content (AvgIpc) is 3.48. The van der Waals surface area contributed by atoms with Crippen LogP contribution < -0.4 is 10.8 Å². The van der Waals surface area contributed by atoms with Gasteiger partial charge in [-0.3, -0.25) is 29.5 Å². The van der Waals surface area contributed by atoms with Crippen LogP contribution in [0.25, 0.3) is 17.0 Å². The predicted octanol–water partition coefficient (Wildman–Crippen LogP) is 7.67. The summed E-state index contributed by atoms with van der Waals surface area (Å²) in [5.41, 5.74) is 0.810. The van der Waals surface area contributed by atoms with E-state index in [1.807, 2.05) is 0 Å². The van der Waals surface area contributed by atoms with E-state index in [9.17, 15) is 42.6 Å². The van der Waals surface area contributed by atoms with Gasteiger partial charge in [-0.2, -0.15) is 18.7 Å². The Balaban J connectivity index is 1.48. The fourth-order valence-electron chi connectivity index (χ4n) is 5.61. The topological polar surface area (TPSA) is 153 Å². The third-order valence-electron chi connectivity index (χ3n) is 7.89. The number of benzene rings is 2. The van der Waals surface area contributed by atoms with Crippen molar-refractivity contribution in [2.45, 2.75) is 65.6 Å². The van der Waals surface area contributed by atoms with Gasteiger partial charge in [-0.15, -0.1) is 0 Å². The van der Waals surface area contributed by atoms with Crippen LogP contribution in [0.4, 0.5) is 27.6 Å². The Hall–Kier alpha value is -4.25. The van der Waals surface area contributed by atoms with Gasteiger partial charge < -0.3 is 14.8 Å². The Kier molecular flexibility index (Phi) is 10.9. The summed E-state index contributed by atoms with van der Waals surface area (Å²) in [7, 11) is 0. The van der Waals surface area contributed by atoms with E-state index in [0.29, 0.717) is 28.2 Å². The third kappa shape index (κ3) is 8.20. The molecule has 4 rings (SSSR count). The van der Waals surface area contributed by atoms with Crippen molar-refractivity contribution in [1.29, 1.82) is 0 Å². The quantitative estimate of drug-likeness (QED) is 0.0710. The zero-order valence-corrected chi connectivity index (χ0v) is 29.6. The molecule has 1 aliphatic heterocycles. The molecule has 0 saturated carbocycles. The van der Waals surface area contributed by atoms with E-state index in [-0.39, 0.29) is 35.2 Å². The molecule has 0 radical (unpaired) electrons. The molecule has 2 heterocycles. The number of carboxylic acid groups (broad SMARTS) is 2. The minimum atomic E-state index is -4.58. The highest BCUT2D eigenvalue weighted by atomic mass is 35.5. The van der Waals surface area contributed by atoms with Gasteiger partial charge in [0, 0.05) is 39.6 Å². The molecular weight excluding hydrogens is 703 g/mol. The standard InChI is InChI=1S/C33H37ClF3N5O7S/c1-30(2,3)33(38-27(44)45,42(28(46)47)31(4,5)6)39-49-14-13-41-26(43)25(50-29(41)48)16-19-7-10-24-20(15-19)11-12-40(24)18-21-8-9-22(34)17-23(21)32(35,36)37/h7-12,15-17,38-39H,13-14,18H2,1-6H3,(H,44,45)(H,46,47)/b25-16-. The number of hydrogen-bond acceptors (Lipinski definition) is 7. The molecule has 12 nitrogen and oxygen atoms in total. The van der Waals surface area contributed by atoms with Gasteiger partial charge >= 0.3 is 18.4 Å². The Bertz CT molecular complexity index is 1850. The Morgan fingerprint density at radius 1 is 1.02 bits per heavy atom. The highest BCUT2D eigenvalue weighted by molar-refractivity contribution is 8.18. The highest BCUT2D eigenvalue weighted by Gasteiger charge is 2.55. The van der Waals surface area contributed by atoms with E-state index in [1.165, 1.54) is 18.2 Å². The van der Waals surface area contributed by atoms with Crippen LogP contribution in [0.3, 0.4) is 0 Å². The van der Waals surface area contributed by atoms with Crippen molar-refractivity contribution in [3.63, 3.8) is 0 Å². The van der Waals surface area contributed by atoms with Gasteiger partial charge in [0.25, 0.3) is 11.1 Å². The molecule has 4 N–H and O–H groups in total. The van der Waals surface area contributed by atoms with Gasteiger partial charge in [0.15, 0.2) is 0 Å². The molecule has 50 heavy (non-hydrogen) atoms. The molecule has 0 aliphatic carbocycles. The second kappa shape index (κ2) is 14.2. The van der Waals surface area contributed by atoms with Crippen LogP contribution in [0.1, 0.15) is 58.2 Å². The van der Waals surface area contributed by atoms with E-state index >= 15 is 0 Å². The Labute approximate surface area is 295 Å². The fraction of sp³-hybridized carbons (Fsp3) is 0.394. The third-order valence-corrected chi connectivity index (χ3v) is 9.03. The van der Waals surface area contributed by atoms with Crippen molar-refractivity contribution in [3.05, 3.63) is 75.3 Å². The van der Waals surface area contributed by atoms with Gasteiger partial charge in [0.1, 0.15) is 0 Å². The molecule has 1 fully saturated rings. The minimum absolute atomic E-state index is 0.0181. The molecule has 1 aromatic heterocycles. The Morgan fingerprint density at radius 2 is 1.70 bits per heavy atom. The molecule has 1 atom stereocenters. The predicted molar refractivity (Wildman–Crippen MR) is 182 cm³/mol. The normalized spacial score (nSPS) is 16.3. The number of amides is 4. The molecular formula is C33H37ClF3N5O7S. The van der Waals surface area contributed by atoms with Crippen LogP contribution in [-0.4, -0.2) is 72.4 Å². The van der Waals surface area contributed by atoms with Gasteiger partial charge in [0.05, 0.1) is 23.6 Å². The van der Waals surface area contributed by atoms with E-state index in [4.69, 9.17) is 16.4 Å². The van der Waals surface area contributed by atoms with Crippen LogP contribution in [0.15, 0.2) is 53.6 Å². The summed E-state index contributed by atoms with van der Waals surface area (Å²) in [6.45, 7) is 8.97. The largest absolute Gasteiger partial charge is 0.465 e. The van der Waals surface area contributed by atoms with Crippen molar-refractivity contribution in [2.75, 3.05) is 13.2 Å². The number of fused-ring (bicyclic) bond motifs is 1. The van der Waals surface area contributed by atoms with Crippen molar-refractivity contribution < 1.29 is 47.4 Å². The summed E-state index contributed by atoms with van der Waals surface area (Å²) in [5.74, 6) is -2.59. The van der Waals surface area contributed by atoms with Crippen LogP contribution in [0.2, 0.25) is 5.02 Å². The number of nitrogens with one attached hydrogen (secondary N) is 2. The van der Waals surface area contributed by atoms with Gasteiger partial charge in [-0.25, -0.2) is 9.59 Å². The summed E-state index contributed by atoms with van der Waals surface area (Å²) < 4.78 is 42.6. The number of hydroxylamine groups is 1. The van der Waals surface area contributed by atoms with E-state index in [1.54, 1.807) is 76.6 Å². The summed E-state index contributed by atoms with van der Waals surface area (Å²) in [6.07, 6.45) is -4.35. The molecule has 0 bridgehead atoms. The van der Waals surface area contributed by atoms with Gasteiger partial charge in [-0.05, 0) is 80.1 Å². The van der Waals surface area contributed by atoms with Crippen LogP contribution in [-0.2, 0) is 22.4 Å².